The zero-order chi connectivity index (χ0) is 56.3. The first kappa shape index (κ1) is 73.4. The van der Waals surface area contributed by atoms with Crippen molar-refractivity contribution in [3.63, 3.8) is 0 Å². The topological polar surface area (TPSA) is 108 Å². The van der Waals surface area contributed by atoms with Crippen LogP contribution in [0.2, 0.25) is 0 Å². The maximum atomic E-state index is 12.8. The molecule has 0 aliphatic carbocycles. The first-order chi connectivity index (χ1) is 37.5. The summed E-state index contributed by atoms with van der Waals surface area (Å²) in [6, 6.07) is 0. The molecule has 10 heteroatoms. The number of ether oxygens (including phenoxy) is 2. The number of hydrogen-bond acceptors (Lipinski definition) is 7. The molecule has 0 radical (unpaired) electrons. The van der Waals surface area contributed by atoms with Crippen molar-refractivity contribution < 1.29 is 42.1 Å². The number of carbonyl (C=O) groups excluding carboxylic acids is 2. The molecule has 77 heavy (non-hydrogen) atoms. The van der Waals surface area contributed by atoms with Crippen LogP contribution in [-0.2, 0) is 32.7 Å². The van der Waals surface area contributed by atoms with Crippen LogP contribution in [0.15, 0.2) is 122 Å². The summed E-state index contributed by atoms with van der Waals surface area (Å²) in [6.07, 6.45) is 81.4. The fraction of sp³-hybridized carbons (Fsp3) is 0.672. The number of esters is 2. The van der Waals surface area contributed by atoms with Gasteiger partial charge in [0.25, 0.3) is 0 Å². The van der Waals surface area contributed by atoms with Crippen LogP contribution >= 0.6 is 7.82 Å². The summed E-state index contributed by atoms with van der Waals surface area (Å²) in [5.74, 6) is -0.818. The van der Waals surface area contributed by atoms with Crippen LogP contribution in [-0.4, -0.2) is 74.9 Å². The zero-order valence-corrected chi connectivity index (χ0v) is 50.8. The van der Waals surface area contributed by atoms with Crippen molar-refractivity contribution in [2.75, 3.05) is 47.5 Å². The van der Waals surface area contributed by atoms with E-state index in [1.807, 2.05) is 21.1 Å². The van der Waals surface area contributed by atoms with E-state index in [4.69, 9.17) is 18.5 Å². The highest BCUT2D eigenvalue weighted by molar-refractivity contribution is 7.47. The first-order valence-corrected chi connectivity index (χ1v) is 32.3. The molecule has 0 aliphatic rings. The molecular formula is C67H115NO8P+. The van der Waals surface area contributed by atoms with E-state index >= 15 is 0 Å². The number of unbranched alkanes of at least 4 members (excludes halogenated alkanes) is 21. The van der Waals surface area contributed by atoms with Gasteiger partial charge in [0.05, 0.1) is 27.7 Å². The van der Waals surface area contributed by atoms with Crippen LogP contribution in [0.1, 0.15) is 239 Å². The van der Waals surface area contributed by atoms with Crippen molar-refractivity contribution in [3.8, 4) is 0 Å². The molecule has 0 aliphatic heterocycles. The Morgan fingerprint density at radius 2 is 0.740 bits per heavy atom. The summed E-state index contributed by atoms with van der Waals surface area (Å²) in [7, 11) is 1.46. The molecule has 0 saturated carbocycles. The van der Waals surface area contributed by atoms with Crippen LogP contribution in [0.25, 0.3) is 0 Å². The van der Waals surface area contributed by atoms with E-state index < -0.39 is 26.5 Å². The molecule has 0 aromatic carbocycles. The molecule has 0 fully saturated rings. The number of quaternary nitrogens is 1. The quantitative estimate of drug-likeness (QED) is 0.0211. The van der Waals surface area contributed by atoms with Crippen molar-refractivity contribution in [1.29, 1.82) is 0 Å². The lowest BCUT2D eigenvalue weighted by molar-refractivity contribution is -0.870. The lowest BCUT2D eigenvalue weighted by atomic mass is 10.0. The molecule has 1 N–H and O–H groups in total. The molecule has 0 aromatic heterocycles. The molecule has 0 rings (SSSR count). The van der Waals surface area contributed by atoms with Gasteiger partial charge in [0.15, 0.2) is 6.10 Å². The predicted molar refractivity (Wildman–Crippen MR) is 330 cm³/mol. The number of allylic oxidation sites excluding steroid dienone is 20. The van der Waals surface area contributed by atoms with Crippen LogP contribution in [0, 0.1) is 0 Å². The summed E-state index contributed by atoms with van der Waals surface area (Å²) in [6.45, 7) is 4.25. The van der Waals surface area contributed by atoms with Gasteiger partial charge in [0.2, 0.25) is 0 Å². The van der Waals surface area contributed by atoms with Gasteiger partial charge in [-0.1, -0.05) is 245 Å². The molecule has 0 bridgehead atoms. The molecule has 9 nitrogen and oxygen atoms in total. The summed E-state index contributed by atoms with van der Waals surface area (Å²) in [4.78, 5) is 35.6. The Bertz CT molecular complexity index is 1710. The second-order valence-corrected chi connectivity index (χ2v) is 22.8. The number of phosphoric ester groups is 1. The summed E-state index contributed by atoms with van der Waals surface area (Å²) in [5, 5.41) is 0. The Kier molecular flexibility index (Phi) is 54.4. The minimum Gasteiger partial charge on any atom is -0.462 e. The Hall–Kier alpha value is -3.59. The lowest BCUT2D eigenvalue weighted by Crippen LogP contribution is -2.37. The van der Waals surface area contributed by atoms with Crippen LogP contribution < -0.4 is 0 Å². The van der Waals surface area contributed by atoms with Crippen LogP contribution in [0.3, 0.4) is 0 Å². The minimum atomic E-state index is -4.39. The third-order valence-corrected chi connectivity index (χ3v) is 13.7. The molecule has 2 atom stereocenters. The average molecular weight is 1090 g/mol. The molecular weight excluding hydrogens is 978 g/mol. The van der Waals surface area contributed by atoms with Gasteiger partial charge in [-0.2, -0.15) is 0 Å². The molecule has 0 spiro atoms. The Labute approximate surface area is 473 Å². The molecule has 0 saturated heterocycles. The van der Waals surface area contributed by atoms with E-state index in [0.717, 1.165) is 122 Å². The predicted octanol–water partition coefficient (Wildman–Crippen LogP) is 19.5. The minimum absolute atomic E-state index is 0.0248. The maximum absolute atomic E-state index is 12.8. The van der Waals surface area contributed by atoms with Crippen molar-refractivity contribution in [2.24, 2.45) is 0 Å². The Morgan fingerprint density at radius 3 is 1.10 bits per heavy atom. The summed E-state index contributed by atoms with van der Waals surface area (Å²) < 4.78 is 34.5. The van der Waals surface area contributed by atoms with Gasteiger partial charge in [-0.05, 0) is 103 Å². The number of nitrogens with zero attached hydrogens (tertiary/aromatic N) is 1. The summed E-state index contributed by atoms with van der Waals surface area (Å²) >= 11 is 0. The van der Waals surface area contributed by atoms with Gasteiger partial charge in [0, 0.05) is 12.8 Å². The highest BCUT2D eigenvalue weighted by Crippen LogP contribution is 2.43. The van der Waals surface area contributed by atoms with Gasteiger partial charge in [0.1, 0.15) is 19.8 Å². The van der Waals surface area contributed by atoms with Crippen molar-refractivity contribution in [1.82, 2.24) is 0 Å². The first-order valence-electron chi connectivity index (χ1n) is 30.8. The molecule has 0 heterocycles. The standard InChI is InChI=1S/C67H114NO8P/c1-6-8-10-12-14-16-18-20-22-23-24-25-26-27-28-29-30-31-32-33-34-35-36-37-38-39-40-41-42-43-44-45-46-48-50-52-54-56-58-60-67(70)76-65(64-75-77(71,72)74-62-61-68(3,4)5)63-73-66(69)59-57-55-53-51-49-47-21-19-17-15-13-11-9-7-2/h8,10,13-16,19-22,24-25,27-28,30-31,33-34,36-37,65H,6-7,9,11-12,17-18,23,26,29,32,35,38-64H2,1-5H3/p+1/b10-8-,15-13-,16-14-,21-19-,22-20-,25-24-,28-27-,31-30-,34-33-,37-36-. The highest BCUT2D eigenvalue weighted by atomic mass is 31.2. The largest absolute Gasteiger partial charge is 0.472 e. The van der Waals surface area contributed by atoms with E-state index in [1.54, 1.807) is 0 Å². The number of likely N-dealkylation sites (N-methyl/N-ethyl adjacent to an activating group) is 1. The second kappa shape index (κ2) is 57.1. The van der Waals surface area contributed by atoms with Crippen LogP contribution in [0.4, 0.5) is 0 Å². The number of hydrogen-bond donors (Lipinski definition) is 1. The average Bonchev–Trinajstić information content (AvgIpc) is 3.39. The normalized spacial score (nSPS) is 14.1. The van der Waals surface area contributed by atoms with E-state index in [9.17, 15) is 19.0 Å². The third kappa shape index (κ3) is 61.5. The van der Waals surface area contributed by atoms with Crippen molar-refractivity contribution in [3.05, 3.63) is 122 Å². The molecule has 0 aromatic rings. The van der Waals surface area contributed by atoms with Crippen molar-refractivity contribution >= 4 is 19.8 Å². The van der Waals surface area contributed by atoms with Crippen LogP contribution in [0.5, 0.6) is 0 Å². The summed E-state index contributed by atoms with van der Waals surface area (Å²) in [5.41, 5.74) is 0. The SMILES string of the molecule is CC/C=C\C/C=C\C/C=C\C/C=C\C/C=C\C/C=C\C/C=C\C/C=C\CCCCCCCCCCCCCCCCC(=O)OC(COC(=O)CCCCCCC/C=C\C/C=C\CCCC)COP(=O)(O)OCC[N+](C)(C)C. The second-order valence-electron chi connectivity index (χ2n) is 21.4. The fourth-order valence-corrected chi connectivity index (χ4v) is 8.73. The smallest absolute Gasteiger partial charge is 0.462 e. The van der Waals surface area contributed by atoms with Gasteiger partial charge in [-0.3, -0.25) is 18.6 Å². The monoisotopic (exact) mass is 1090 g/mol. The van der Waals surface area contributed by atoms with Gasteiger partial charge in [-0.25, -0.2) is 4.57 Å². The lowest BCUT2D eigenvalue weighted by Gasteiger charge is -2.24. The highest BCUT2D eigenvalue weighted by Gasteiger charge is 2.27. The fourth-order valence-electron chi connectivity index (χ4n) is 7.99. The van der Waals surface area contributed by atoms with E-state index in [1.165, 1.54) is 83.5 Å². The molecule has 440 valence electrons. The Morgan fingerprint density at radius 1 is 0.416 bits per heavy atom. The number of phosphoric acid groups is 1. The van der Waals surface area contributed by atoms with Crippen molar-refractivity contribution in [2.45, 2.75) is 245 Å². The van der Waals surface area contributed by atoms with E-state index in [0.29, 0.717) is 17.4 Å². The number of rotatable bonds is 55. The molecule has 2 unspecified atom stereocenters. The molecule has 0 amide bonds. The van der Waals surface area contributed by atoms with E-state index in [-0.39, 0.29) is 32.0 Å². The zero-order valence-electron chi connectivity index (χ0n) is 49.9. The Balaban J connectivity index is 4.04. The third-order valence-electron chi connectivity index (χ3n) is 12.7. The van der Waals surface area contributed by atoms with Gasteiger partial charge in [-0.15, -0.1) is 0 Å². The maximum Gasteiger partial charge on any atom is 0.472 e. The number of carbonyl (C=O) groups is 2. The van der Waals surface area contributed by atoms with E-state index in [2.05, 4.69) is 135 Å². The van der Waals surface area contributed by atoms with Gasteiger partial charge < -0.3 is 18.9 Å². The van der Waals surface area contributed by atoms with Gasteiger partial charge >= 0.3 is 19.8 Å².